The Morgan fingerprint density at radius 2 is 1.84 bits per heavy atom. The van der Waals surface area contributed by atoms with Gasteiger partial charge in [0.15, 0.2) is 0 Å². The lowest BCUT2D eigenvalue weighted by Gasteiger charge is -2.27. The Bertz CT molecular complexity index is 443. The molecule has 0 rings (SSSR count). The SMILES string of the molecule is CNC(C/C=C(/CCl)N(C)C(C)CCl)OC/C=C(\C)CCC=C(C)C. The number of hydrogen-bond donors (Lipinski definition) is 1. The molecular formula is C20H36Cl2N2O. The minimum Gasteiger partial charge on any atom is -0.373 e. The average Bonchev–Trinajstić information content (AvgIpc) is 2.59. The summed E-state index contributed by atoms with van der Waals surface area (Å²) in [6.45, 7) is 9.12. The van der Waals surface area contributed by atoms with E-state index < -0.39 is 0 Å². The Morgan fingerprint density at radius 1 is 1.16 bits per heavy atom. The highest BCUT2D eigenvalue weighted by atomic mass is 35.5. The molecule has 2 unspecified atom stereocenters. The molecule has 0 aromatic rings. The van der Waals surface area contributed by atoms with Crippen LogP contribution in [0.3, 0.4) is 0 Å². The van der Waals surface area contributed by atoms with Crippen molar-refractivity contribution in [2.75, 3.05) is 32.5 Å². The molecule has 0 aliphatic carbocycles. The molecule has 146 valence electrons. The fourth-order valence-electron chi connectivity index (χ4n) is 2.19. The predicted octanol–water partition coefficient (Wildman–Crippen LogP) is 5.31. The summed E-state index contributed by atoms with van der Waals surface area (Å²) < 4.78 is 5.92. The molecule has 2 atom stereocenters. The van der Waals surface area contributed by atoms with Crippen molar-refractivity contribution in [3.63, 3.8) is 0 Å². The molecule has 0 aliphatic rings. The minimum atomic E-state index is -0.0280. The van der Waals surface area contributed by atoms with Crippen molar-refractivity contribution < 1.29 is 4.74 Å². The molecule has 0 radical (unpaired) electrons. The largest absolute Gasteiger partial charge is 0.373 e. The standard InChI is InChI=1S/C20H36Cl2N2O/c1-16(2)8-7-9-17(3)12-13-25-20(23-5)11-10-19(15-22)24(6)18(4)14-21/h8,10,12,18,20,23H,7,9,11,13-15H2,1-6H3/b17-12+,19-10-. The van der Waals surface area contributed by atoms with Crippen molar-refractivity contribution in [2.45, 2.75) is 59.2 Å². The van der Waals surface area contributed by atoms with E-state index in [1.54, 1.807) is 0 Å². The number of rotatable bonds is 13. The van der Waals surface area contributed by atoms with Gasteiger partial charge in [-0.2, -0.15) is 0 Å². The Morgan fingerprint density at radius 3 is 2.36 bits per heavy atom. The normalized spacial score (nSPS) is 15.0. The van der Waals surface area contributed by atoms with E-state index in [2.05, 4.69) is 56.1 Å². The number of alkyl halides is 2. The summed E-state index contributed by atoms with van der Waals surface area (Å²) in [4.78, 5) is 2.13. The fourth-order valence-corrected chi connectivity index (χ4v) is 2.69. The molecule has 0 heterocycles. The topological polar surface area (TPSA) is 24.5 Å². The Labute approximate surface area is 165 Å². The second kappa shape index (κ2) is 14.7. The third-order valence-electron chi connectivity index (χ3n) is 4.18. The third kappa shape index (κ3) is 11.7. The lowest BCUT2D eigenvalue weighted by atomic mass is 10.1. The van der Waals surface area contributed by atoms with Crippen LogP contribution in [0.4, 0.5) is 0 Å². The van der Waals surface area contributed by atoms with Gasteiger partial charge in [-0.15, -0.1) is 23.2 Å². The van der Waals surface area contributed by atoms with E-state index in [0.29, 0.717) is 18.4 Å². The van der Waals surface area contributed by atoms with E-state index in [1.165, 1.54) is 11.1 Å². The van der Waals surface area contributed by atoms with Crippen LogP contribution in [0.5, 0.6) is 0 Å². The maximum absolute atomic E-state index is 6.08. The predicted molar refractivity (Wildman–Crippen MR) is 113 cm³/mol. The van der Waals surface area contributed by atoms with Crippen LogP contribution < -0.4 is 5.32 Å². The van der Waals surface area contributed by atoms with Gasteiger partial charge >= 0.3 is 0 Å². The van der Waals surface area contributed by atoms with Crippen LogP contribution in [0.2, 0.25) is 0 Å². The highest BCUT2D eigenvalue weighted by Crippen LogP contribution is 2.12. The third-order valence-corrected chi connectivity index (χ3v) is 4.90. The zero-order chi connectivity index (χ0) is 19.2. The summed E-state index contributed by atoms with van der Waals surface area (Å²) in [6, 6.07) is 0.256. The summed E-state index contributed by atoms with van der Waals surface area (Å²) in [7, 11) is 3.93. The van der Waals surface area contributed by atoms with Gasteiger partial charge in [0.05, 0.1) is 12.5 Å². The lowest BCUT2D eigenvalue weighted by Crippen LogP contribution is -2.32. The van der Waals surface area contributed by atoms with Gasteiger partial charge in [0.25, 0.3) is 0 Å². The number of nitrogens with one attached hydrogen (secondary N) is 1. The number of ether oxygens (including phenoxy) is 1. The van der Waals surface area contributed by atoms with Crippen LogP contribution in [0.15, 0.2) is 35.1 Å². The summed E-state index contributed by atoms with van der Waals surface area (Å²) in [6.07, 6.45) is 9.47. The fraction of sp³-hybridized carbons (Fsp3) is 0.700. The minimum absolute atomic E-state index is 0.0280. The van der Waals surface area contributed by atoms with Gasteiger partial charge in [0.2, 0.25) is 0 Å². The van der Waals surface area contributed by atoms with Crippen LogP contribution >= 0.6 is 23.2 Å². The van der Waals surface area contributed by atoms with Crippen molar-refractivity contribution in [1.82, 2.24) is 10.2 Å². The Kier molecular flexibility index (Phi) is 14.4. The molecular weight excluding hydrogens is 355 g/mol. The Balaban J connectivity index is 4.45. The first-order chi connectivity index (χ1) is 11.8. The van der Waals surface area contributed by atoms with Gasteiger partial charge in [-0.3, -0.25) is 5.32 Å². The van der Waals surface area contributed by atoms with E-state index in [4.69, 9.17) is 27.9 Å². The van der Waals surface area contributed by atoms with Crippen molar-refractivity contribution in [3.8, 4) is 0 Å². The number of allylic oxidation sites excluding steroid dienone is 4. The van der Waals surface area contributed by atoms with E-state index in [0.717, 1.165) is 25.0 Å². The molecule has 0 aliphatic heterocycles. The van der Waals surface area contributed by atoms with Gasteiger partial charge in [-0.05, 0) is 47.6 Å². The summed E-state index contributed by atoms with van der Waals surface area (Å²) in [5.41, 5.74) is 3.81. The average molecular weight is 391 g/mol. The van der Waals surface area contributed by atoms with Crippen LogP contribution in [0.25, 0.3) is 0 Å². The maximum atomic E-state index is 6.08. The molecule has 1 N–H and O–H groups in total. The molecule has 0 bridgehead atoms. The van der Waals surface area contributed by atoms with Gasteiger partial charge in [-0.25, -0.2) is 0 Å². The summed E-state index contributed by atoms with van der Waals surface area (Å²) in [5.74, 6) is 1.05. The molecule has 0 saturated heterocycles. The smallest absolute Gasteiger partial charge is 0.111 e. The molecule has 25 heavy (non-hydrogen) atoms. The van der Waals surface area contributed by atoms with Gasteiger partial charge < -0.3 is 9.64 Å². The van der Waals surface area contributed by atoms with Crippen LogP contribution in [0.1, 0.15) is 47.0 Å². The van der Waals surface area contributed by atoms with E-state index in [1.807, 2.05) is 14.1 Å². The number of halogens is 2. The maximum Gasteiger partial charge on any atom is 0.111 e. The van der Waals surface area contributed by atoms with Crippen molar-refractivity contribution in [3.05, 3.63) is 35.1 Å². The highest BCUT2D eigenvalue weighted by molar-refractivity contribution is 6.19. The van der Waals surface area contributed by atoms with Gasteiger partial charge in [0, 0.05) is 31.1 Å². The Hall–Kier alpha value is -0.480. The first-order valence-corrected chi connectivity index (χ1v) is 10.0. The highest BCUT2D eigenvalue weighted by Gasteiger charge is 2.12. The zero-order valence-electron chi connectivity index (χ0n) is 16.7. The summed E-state index contributed by atoms with van der Waals surface area (Å²) >= 11 is 12.0. The van der Waals surface area contributed by atoms with Crippen molar-refractivity contribution in [2.24, 2.45) is 0 Å². The molecule has 0 spiro atoms. The molecule has 0 fully saturated rings. The van der Waals surface area contributed by atoms with Gasteiger partial charge in [-0.1, -0.05) is 29.4 Å². The molecule has 0 aromatic carbocycles. The van der Waals surface area contributed by atoms with Crippen LogP contribution in [0, 0.1) is 0 Å². The molecule has 5 heteroatoms. The zero-order valence-corrected chi connectivity index (χ0v) is 18.3. The van der Waals surface area contributed by atoms with Crippen LogP contribution in [-0.2, 0) is 4.74 Å². The van der Waals surface area contributed by atoms with Crippen molar-refractivity contribution >= 4 is 23.2 Å². The number of nitrogens with zero attached hydrogens (tertiary/aromatic N) is 1. The second-order valence-electron chi connectivity index (χ2n) is 6.66. The quantitative estimate of drug-likeness (QED) is 0.261. The van der Waals surface area contributed by atoms with E-state index in [9.17, 15) is 0 Å². The first kappa shape index (κ1) is 24.5. The van der Waals surface area contributed by atoms with E-state index in [-0.39, 0.29) is 12.3 Å². The molecule has 3 nitrogen and oxygen atoms in total. The molecule has 0 amide bonds. The van der Waals surface area contributed by atoms with E-state index >= 15 is 0 Å². The van der Waals surface area contributed by atoms with Crippen LogP contribution in [-0.4, -0.2) is 49.6 Å². The monoisotopic (exact) mass is 390 g/mol. The molecule has 0 saturated carbocycles. The molecule has 0 aromatic heterocycles. The number of hydrogen-bond acceptors (Lipinski definition) is 3. The summed E-state index contributed by atoms with van der Waals surface area (Å²) in [5, 5.41) is 3.20. The van der Waals surface area contributed by atoms with Gasteiger partial charge in [0.1, 0.15) is 6.23 Å². The second-order valence-corrected chi connectivity index (χ2v) is 7.24. The first-order valence-electron chi connectivity index (χ1n) is 8.97. The lowest BCUT2D eigenvalue weighted by molar-refractivity contribution is 0.0561. The van der Waals surface area contributed by atoms with Crippen molar-refractivity contribution in [1.29, 1.82) is 0 Å².